The zero-order valence-corrected chi connectivity index (χ0v) is 19.9. The van der Waals surface area contributed by atoms with Crippen LogP contribution in [-0.4, -0.2) is 98.2 Å². The molecule has 0 atom stereocenters. The van der Waals surface area contributed by atoms with Crippen LogP contribution in [0.15, 0.2) is 23.3 Å². The van der Waals surface area contributed by atoms with Gasteiger partial charge in [-0.2, -0.15) is 0 Å². The molecule has 28 heavy (non-hydrogen) atoms. The number of amides is 1. The van der Waals surface area contributed by atoms with Gasteiger partial charge >= 0.3 is 0 Å². The van der Waals surface area contributed by atoms with Crippen molar-refractivity contribution in [2.75, 3.05) is 67.1 Å². The number of aromatic nitrogens is 1. The maximum Gasteiger partial charge on any atom is 0.243 e. The van der Waals surface area contributed by atoms with Gasteiger partial charge in [0.05, 0.1) is 19.8 Å². The molecule has 0 aliphatic carbocycles. The first kappa shape index (κ1) is 24.7. The number of carbonyl (C=O) groups excluding carboxylic acids is 1. The third kappa shape index (κ3) is 8.36. The van der Waals surface area contributed by atoms with Crippen LogP contribution >= 0.6 is 24.0 Å². The standard InChI is InChI=1S/C19H34N6O2.HI/c1-22(2)18(26)15-21-19(24(4)16-17-7-5-9-23(17)3)20-8-6-10-25-11-13-27-14-12-25;/h5,7,9H,6,8,10-16H2,1-4H3,(H,20,21);1H. The van der Waals surface area contributed by atoms with Gasteiger partial charge in [0.15, 0.2) is 5.96 Å². The Bertz CT molecular complexity index is 613. The molecule has 0 aromatic carbocycles. The molecule has 160 valence electrons. The van der Waals surface area contributed by atoms with Crippen molar-refractivity contribution < 1.29 is 9.53 Å². The largest absolute Gasteiger partial charge is 0.379 e. The number of rotatable bonds is 8. The highest BCUT2D eigenvalue weighted by Crippen LogP contribution is 2.04. The average Bonchev–Trinajstić information content (AvgIpc) is 3.06. The van der Waals surface area contributed by atoms with Crippen molar-refractivity contribution in [2.45, 2.75) is 13.0 Å². The number of likely N-dealkylation sites (N-methyl/N-ethyl adjacent to an activating group) is 1. The summed E-state index contributed by atoms with van der Waals surface area (Å²) < 4.78 is 7.48. The van der Waals surface area contributed by atoms with Crippen molar-refractivity contribution in [3.63, 3.8) is 0 Å². The van der Waals surface area contributed by atoms with E-state index in [2.05, 4.69) is 30.7 Å². The van der Waals surface area contributed by atoms with E-state index in [1.807, 2.05) is 26.4 Å². The summed E-state index contributed by atoms with van der Waals surface area (Å²) in [6.45, 7) is 6.41. The van der Waals surface area contributed by atoms with E-state index in [1.165, 1.54) is 5.69 Å². The highest BCUT2D eigenvalue weighted by molar-refractivity contribution is 14.0. The summed E-state index contributed by atoms with van der Waals surface area (Å²) in [5.74, 6) is 0.753. The zero-order valence-electron chi connectivity index (χ0n) is 17.6. The van der Waals surface area contributed by atoms with Crippen LogP contribution in [0.3, 0.4) is 0 Å². The van der Waals surface area contributed by atoms with Crippen molar-refractivity contribution in [1.29, 1.82) is 0 Å². The van der Waals surface area contributed by atoms with E-state index < -0.39 is 0 Å². The SMILES string of the molecule is CN(C)C(=O)CN=C(NCCCN1CCOCC1)N(C)Cc1cccn1C.I. The van der Waals surface area contributed by atoms with Gasteiger partial charge in [-0.15, -0.1) is 24.0 Å². The Balaban J connectivity index is 0.00000392. The van der Waals surface area contributed by atoms with Crippen LogP contribution in [-0.2, 0) is 23.1 Å². The molecule has 1 aromatic heterocycles. The summed E-state index contributed by atoms with van der Waals surface area (Å²) in [5, 5.41) is 3.42. The lowest BCUT2D eigenvalue weighted by atomic mass is 10.3. The van der Waals surface area contributed by atoms with Gasteiger partial charge in [0, 0.05) is 59.7 Å². The van der Waals surface area contributed by atoms with Crippen LogP contribution in [0.25, 0.3) is 0 Å². The fourth-order valence-electron chi connectivity index (χ4n) is 2.90. The number of carbonyl (C=O) groups is 1. The lowest BCUT2D eigenvalue weighted by Gasteiger charge is -2.27. The van der Waals surface area contributed by atoms with Gasteiger partial charge in [-0.1, -0.05) is 0 Å². The van der Waals surface area contributed by atoms with Crippen LogP contribution in [0.1, 0.15) is 12.1 Å². The van der Waals surface area contributed by atoms with Crippen LogP contribution in [0.2, 0.25) is 0 Å². The number of hydrogen-bond donors (Lipinski definition) is 1. The van der Waals surface area contributed by atoms with Gasteiger partial charge in [-0.3, -0.25) is 9.69 Å². The van der Waals surface area contributed by atoms with E-state index in [4.69, 9.17) is 4.74 Å². The minimum atomic E-state index is -0.00474. The summed E-state index contributed by atoms with van der Waals surface area (Å²) in [7, 11) is 7.54. The fraction of sp³-hybridized carbons (Fsp3) is 0.684. The highest BCUT2D eigenvalue weighted by atomic mass is 127. The molecular formula is C19H35IN6O2. The first-order valence-corrected chi connectivity index (χ1v) is 9.57. The minimum absolute atomic E-state index is 0. The molecule has 0 unspecified atom stereocenters. The highest BCUT2D eigenvalue weighted by Gasteiger charge is 2.12. The normalized spacial score (nSPS) is 15.1. The summed E-state index contributed by atoms with van der Waals surface area (Å²) >= 11 is 0. The number of halogens is 1. The quantitative estimate of drug-likeness (QED) is 0.245. The maximum absolute atomic E-state index is 11.9. The molecule has 1 aliphatic heterocycles. The van der Waals surface area contributed by atoms with E-state index in [0.717, 1.165) is 58.3 Å². The Morgan fingerprint density at radius 2 is 2.00 bits per heavy atom. The molecule has 1 aliphatic rings. The van der Waals surface area contributed by atoms with Gasteiger partial charge in [0.25, 0.3) is 0 Å². The maximum atomic E-state index is 11.9. The summed E-state index contributed by atoms with van der Waals surface area (Å²) in [5.41, 5.74) is 1.19. The predicted molar refractivity (Wildman–Crippen MR) is 123 cm³/mol. The van der Waals surface area contributed by atoms with Crippen molar-refractivity contribution in [3.05, 3.63) is 24.0 Å². The molecule has 2 rings (SSSR count). The van der Waals surface area contributed by atoms with E-state index in [9.17, 15) is 4.79 Å². The number of guanidine groups is 1. The van der Waals surface area contributed by atoms with Crippen molar-refractivity contribution >= 4 is 35.8 Å². The third-order valence-electron chi connectivity index (χ3n) is 4.71. The third-order valence-corrected chi connectivity index (χ3v) is 4.71. The Kier molecular flexibility index (Phi) is 11.5. The number of hydrogen-bond acceptors (Lipinski definition) is 4. The molecule has 1 aromatic rings. The topological polar surface area (TPSA) is 65.3 Å². The predicted octanol–water partition coefficient (Wildman–Crippen LogP) is 0.831. The van der Waals surface area contributed by atoms with Gasteiger partial charge in [-0.25, -0.2) is 4.99 Å². The first-order chi connectivity index (χ1) is 13.0. The first-order valence-electron chi connectivity index (χ1n) is 9.57. The van der Waals surface area contributed by atoms with Gasteiger partial charge < -0.3 is 24.4 Å². The number of aliphatic imine (C=N–C) groups is 1. The van der Waals surface area contributed by atoms with Gasteiger partial charge in [0.2, 0.25) is 5.91 Å². The molecule has 1 saturated heterocycles. The monoisotopic (exact) mass is 506 g/mol. The van der Waals surface area contributed by atoms with E-state index in [0.29, 0.717) is 0 Å². The number of aryl methyl sites for hydroxylation is 1. The van der Waals surface area contributed by atoms with Crippen LogP contribution in [0, 0.1) is 0 Å². The molecular weight excluding hydrogens is 471 g/mol. The summed E-state index contributed by atoms with van der Waals surface area (Å²) in [6.07, 6.45) is 3.06. The lowest BCUT2D eigenvalue weighted by molar-refractivity contribution is -0.127. The minimum Gasteiger partial charge on any atom is -0.379 e. The number of ether oxygens (including phenoxy) is 1. The molecule has 2 heterocycles. The Labute approximate surface area is 185 Å². The van der Waals surface area contributed by atoms with E-state index in [1.54, 1.807) is 19.0 Å². The van der Waals surface area contributed by atoms with Crippen molar-refractivity contribution in [2.24, 2.45) is 12.0 Å². The van der Waals surface area contributed by atoms with Crippen LogP contribution in [0.4, 0.5) is 0 Å². The summed E-state index contributed by atoms with van der Waals surface area (Å²) in [6, 6.07) is 4.13. The molecule has 9 heteroatoms. The second-order valence-corrected chi connectivity index (χ2v) is 7.13. The van der Waals surface area contributed by atoms with Gasteiger partial charge in [0.1, 0.15) is 6.54 Å². The van der Waals surface area contributed by atoms with Crippen molar-refractivity contribution in [1.82, 2.24) is 24.6 Å². The zero-order chi connectivity index (χ0) is 19.6. The Morgan fingerprint density at radius 1 is 1.29 bits per heavy atom. The van der Waals surface area contributed by atoms with Gasteiger partial charge in [-0.05, 0) is 25.1 Å². The Hall–Kier alpha value is -1.33. The second-order valence-electron chi connectivity index (χ2n) is 7.13. The lowest BCUT2D eigenvalue weighted by Crippen LogP contribution is -2.42. The number of morpholine rings is 1. The molecule has 0 bridgehead atoms. The second kappa shape index (κ2) is 13.0. The number of nitrogens with zero attached hydrogens (tertiary/aromatic N) is 5. The Morgan fingerprint density at radius 3 is 2.61 bits per heavy atom. The smallest absolute Gasteiger partial charge is 0.243 e. The van der Waals surface area contributed by atoms with E-state index >= 15 is 0 Å². The molecule has 1 N–H and O–H groups in total. The molecule has 1 amide bonds. The average molecular weight is 506 g/mol. The summed E-state index contributed by atoms with van der Waals surface area (Å²) in [4.78, 5) is 22.5. The fourth-order valence-corrected chi connectivity index (χ4v) is 2.90. The van der Waals surface area contributed by atoms with Crippen LogP contribution in [0.5, 0.6) is 0 Å². The molecule has 0 spiro atoms. The molecule has 0 saturated carbocycles. The molecule has 0 radical (unpaired) electrons. The molecule has 1 fully saturated rings. The molecule has 8 nitrogen and oxygen atoms in total. The van der Waals surface area contributed by atoms with E-state index in [-0.39, 0.29) is 36.4 Å². The number of nitrogens with one attached hydrogen (secondary N) is 1. The van der Waals surface area contributed by atoms with Crippen LogP contribution < -0.4 is 5.32 Å². The van der Waals surface area contributed by atoms with Crippen molar-refractivity contribution in [3.8, 4) is 0 Å².